The number of aliphatic carboxylic acids is 1. The summed E-state index contributed by atoms with van der Waals surface area (Å²) in [5.41, 5.74) is 0.433. The maximum Gasteiger partial charge on any atom is 0.304 e. The fourth-order valence-electron chi connectivity index (χ4n) is 1.81. The summed E-state index contributed by atoms with van der Waals surface area (Å²) >= 11 is 1.36. The second kappa shape index (κ2) is 4.79. The Bertz CT molecular complexity index is 536. The van der Waals surface area contributed by atoms with Crippen LogP contribution in [0.25, 0.3) is 10.1 Å². The van der Waals surface area contributed by atoms with E-state index in [0.717, 1.165) is 10.1 Å². The molecule has 0 saturated heterocycles. The minimum Gasteiger partial charge on any atom is -0.481 e. The first-order chi connectivity index (χ1) is 8.09. The Morgan fingerprint density at radius 2 is 2.06 bits per heavy atom. The molecule has 1 unspecified atom stereocenters. The standard InChI is InChI=1S/C12H10F2O2S/c13-12(14)8(5-11(15)16)9-6-17-10-4-2-1-3-7(9)10/h1-4,6,8,12H,5H2,(H,15,16). The van der Waals surface area contributed by atoms with Gasteiger partial charge < -0.3 is 5.11 Å². The Hall–Kier alpha value is -1.49. The first-order valence-electron chi connectivity index (χ1n) is 5.05. The van der Waals surface area contributed by atoms with Gasteiger partial charge in [0, 0.05) is 4.70 Å². The molecule has 1 aromatic carbocycles. The van der Waals surface area contributed by atoms with Crippen LogP contribution in [-0.4, -0.2) is 17.5 Å². The third-order valence-corrected chi connectivity index (χ3v) is 3.59. The summed E-state index contributed by atoms with van der Waals surface area (Å²) in [7, 11) is 0. The summed E-state index contributed by atoms with van der Waals surface area (Å²) in [6, 6.07) is 7.18. The van der Waals surface area contributed by atoms with Gasteiger partial charge in [-0.05, 0) is 22.4 Å². The van der Waals surface area contributed by atoms with E-state index in [4.69, 9.17) is 5.11 Å². The van der Waals surface area contributed by atoms with Crippen molar-refractivity contribution >= 4 is 27.4 Å². The fraction of sp³-hybridized carbons (Fsp3) is 0.250. The van der Waals surface area contributed by atoms with Crippen LogP contribution in [0.4, 0.5) is 8.78 Å². The molecule has 5 heteroatoms. The van der Waals surface area contributed by atoms with Crippen molar-refractivity contribution in [1.29, 1.82) is 0 Å². The number of rotatable bonds is 4. The number of halogens is 2. The third-order valence-electron chi connectivity index (χ3n) is 2.61. The van der Waals surface area contributed by atoms with Crippen molar-refractivity contribution < 1.29 is 18.7 Å². The van der Waals surface area contributed by atoms with Gasteiger partial charge in [0.05, 0.1) is 12.3 Å². The van der Waals surface area contributed by atoms with Crippen LogP contribution in [0.15, 0.2) is 29.6 Å². The number of fused-ring (bicyclic) bond motifs is 1. The molecule has 0 saturated carbocycles. The average Bonchev–Trinajstić information content (AvgIpc) is 2.69. The van der Waals surface area contributed by atoms with Crippen molar-refractivity contribution in [3.8, 4) is 0 Å². The highest BCUT2D eigenvalue weighted by Gasteiger charge is 2.27. The van der Waals surface area contributed by atoms with Crippen molar-refractivity contribution in [1.82, 2.24) is 0 Å². The van der Waals surface area contributed by atoms with Crippen LogP contribution in [0.1, 0.15) is 17.9 Å². The lowest BCUT2D eigenvalue weighted by molar-refractivity contribution is -0.138. The number of alkyl halides is 2. The summed E-state index contributed by atoms with van der Waals surface area (Å²) in [6.45, 7) is 0. The third kappa shape index (κ3) is 2.44. The van der Waals surface area contributed by atoms with E-state index in [9.17, 15) is 13.6 Å². The maximum atomic E-state index is 12.9. The first-order valence-corrected chi connectivity index (χ1v) is 5.93. The first kappa shape index (κ1) is 12.0. The van der Waals surface area contributed by atoms with E-state index in [1.807, 2.05) is 12.1 Å². The van der Waals surface area contributed by atoms with Crippen LogP contribution in [0.3, 0.4) is 0 Å². The number of carbonyl (C=O) groups is 1. The van der Waals surface area contributed by atoms with Gasteiger partial charge in [0.2, 0.25) is 6.43 Å². The van der Waals surface area contributed by atoms with Crippen molar-refractivity contribution in [3.05, 3.63) is 35.2 Å². The molecule has 2 nitrogen and oxygen atoms in total. The topological polar surface area (TPSA) is 37.3 Å². The van der Waals surface area contributed by atoms with Gasteiger partial charge in [-0.15, -0.1) is 11.3 Å². The Kier molecular flexibility index (Phi) is 3.38. The second-order valence-electron chi connectivity index (χ2n) is 3.73. The van der Waals surface area contributed by atoms with Gasteiger partial charge >= 0.3 is 5.97 Å². The second-order valence-corrected chi connectivity index (χ2v) is 4.64. The van der Waals surface area contributed by atoms with E-state index < -0.39 is 24.7 Å². The van der Waals surface area contributed by atoms with E-state index in [2.05, 4.69) is 0 Å². The largest absolute Gasteiger partial charge is 0.481 e. The lowest BCUT2D eigenvalue weighted by Crippen LogP contribution is -2.13. The highest BCUT2D eigenvalue weighted by atomic mass is 32.1. The molecule has 1 aromatic heterocycles. The zero-order chi connectivity index (χ0) is 12.4. The molecule has 1 heterocycles. The molecule has 0 aliphatic carbocycles. The van der Waals surface area contributed by atoms with E-state index in [1.54, 1.807) is 17.5 Å². The smallest absolute Gasteiger partial charge is 0.304 e. The number of benzene rings is 1. The summed E-state index contributed by atoms with van der Waals surface area (Å²) < 4.78 is 26.7. The molecular weight excluding hydrogens is 246 g/mol. The van der Waals surface area contributed by atoms with Gasteiger partial charge in [-0.25, -0.2) is 8.78 Å². The molecule has 90 valence electrons. The molecule has 0 fully saturated rings. The van der Waals surface area contributed by atoms with E-state index in [1.165, 1.54) is 11.3 Å². The van der Waals surface area contributed by atoms with Crippen molar-refractivity contribution in [2.45, 2.75) is 18.8 Å². The van der Waals surface area contributed by atoms with E-state index in [0.29, 0.717) is 5.56 Å². The van der Waals surface area contributed by atoms with Crippen LogP contribution in [0.5, 0.6) is 0 Å². The zero-order valence-corrected chi connectivity index (χ0v) is 9.58. The predicted octanol–water partition coefficient (Wildman–Crippen LogP) is 3.72. The molecule has 2 aromatic rings. The highest BCUT2D eigenvalue weighted by Crippen LogP contribution is 2.36. The number of carboxylic acid groups (broad SMARTS) is 1. The van der Waals surface area contributed by atoms with Gasteiger partial charge in [-0.2, -0.15) is 0 Å². The van der Waals surface area contributed by atoms with Crippen molar-refractivity contribution in [2.75, 3.05) is 0 Å². The average molecular weight is 256 g/mol. The van der Waals surface area contributed by atoms with Crippen LogP contribution in [0.2, 0.25) is 0 Å². The number of hydrogen-bond donors (Lipinski definition) is 1. The van der Waals surface area contributed by atoms with Crippen LogP contribution in [-0.2, 0) is 4.79 Å². The SMILES string of the molecule is O=C(O)CC(c1csc2ccccc12)C(F)F. The zero-order valence-electron chi connectivity index (χ0n) is 8.77. The normalized spacial score (nSPS) is 13.1. The van der Waals surface area contributed by atoms with Gasteiger partial charge in [-0.1, -0.05) is 18.2 Å². The minimum atomic E-state index is -2.66. The number of hydrogen-bond acceptors (Lipinski definition) is 2. The van der Waals surface area contributed by atoms with Crippen molar-refractivity contribution in [2.24, 2.45) is 0 Å². The monoisotopic (exact) mass is 256 g/mol. The number of carboxylic acids is 1. The van der Waals surface area contributed by atoms with Crippen LogP contribution >= 0.6 is 11.3 Å². The van der Waals surface area contributed by atoms with Gasteiger partial charge in [0.15, 0.2) is 0 Å². The minimum absolute atomic E-state index is 0.433. The molecule has 17 heavy (non-hydrogen) atoms. The summed E-state index contributed by atoms with van der Waals surface area (Å²) in [5.74, 6) is -2.44. The summed E-state index contributed by atoms with van der Waals surface area (Å²) in [5, 5.41) is 11.0. The Morgan fingerprint density at radius 3 is 2.71 bits per heavy atom. The molecular formula is C12H10F2O2S. The van der Waals surface area contributed by atoms with Crippen LogP contribution < -0.4 is 0 Å². The molecule has 0 bridgehead atoms. The van der Waals surface area contributed by atoms with E-state index >= 15 is 0 Å². The maximum absolute atomic E-state index is 12.9. The lowest BCUT2D eigenvalue weighted by atomic mass is 9.96. The molecule has 1 N–H and O–H groups in total. The quantitative estimate of drug-likeness (QED) is 0.905. The Balaban J connectivity index is 2.45. The Morgan fingerprint density at radius 1 is 1.35 bits per heavy atom. The van der Waals surface area contributed by atoms with Crippen LogP contribution in [0, 0.1) is 0 Å². The highest BCUT2D eigenvalue weighted by molar-refractivity contribution is 7.17. The van der Waals surface area contributed by atoms with E-state index in [-0.39, 0.29) is 0 Å². The molecule has 0 radical (unpaired) electrons. The lowest BCUT2D eigenvalue weighted by Gasteiger charge is -2.12. The number of thiophene rings is 1. The molecule has 0 amide bonds. The molecule has 0 spiro atoms. The fourth-order valence-corrected chi connectivity index (χ4v) is 2.83. The molecule has 0 aliphatic heterocycles. The van der Waals surface area contributed by atoms with Gasteiger partial charge in [0.1, 0.15) is 0 Å². The molecule has 0 aliphatic rings. The van der Waals surface area contributed by atoms with Crippen molar-refractivity contribution in [3.63, 3.8) is 0 Å². The summed E-state index contributed by atoms with van der Waals surface area (Å²) in [4.78, 5) is 10.6. The molecule has 1 atom stereocenters. The van der Waals surface area contributed by atoms with Gasteiger partial charge in [0.25, 0.3) is 0 Å². The van der Waals surface area contributed by atoms with Gasteiger partial charge in [-0.3, -0.25) is 4.79 Å². The predicted molar refractivity (Wildman–Crippen MR) is 62.8 cm³/mol. The Labute approximate surface area is 101 Å². The summed E-state index contributed by atoms with van der Waals surface area (Å²) in [6.07, 6.45) is -3.21. The molecule has 2 rings (SSSR count).